The number of hydrogen-bond donors (Lipinski definition) is 0. The van der Waals surface area contributed by atoms with E-state index in [1.54, 1.807) is 4.90 Å². The van der Waals surface area contributed by atoms with E-state index in [2.05, 4.69) is 6.92 Å². The summed E-state index contributed by atoms with van der Waals surface area (Å²) in [4.78, 5) is 28.3. The molecule has 0 bridgehead atoms. The maximum absolute atomic E-state index is 12.6. The fourth-order valence-electron chi connectivity index (χ4n) is 3.09. The van der Waals surface area contributed by atoms with Gasteiger partial charge in [0.1, 0.15) is 5.54 Å². The Morgan fingerprint density at radius 1 is 1.23 bits per heavy atom. The van der Waals surface area contributed by atoms with Crippen LogP contribution >= 0.6 is 0 Å². The van der Waals surface area contributed by atoms with E-state index in [0.717, 1.165) is 25.9 Å². The molecule has 3 amide bonds. The van der Waals surface area contributed by atoms with Gasteiger partial charge in [0.25, 0.3) is 5.91 Å². The highest BCUT2D eigenvalue weighted by Crippen LogP contribution is 2.31. The van der Waals surface area contributed by atoms with Crippen LogP contribution in [0.1, 0.15) is 40.0 Å². The maximum Gasteiger partial charge on any atom is 0.327 e. The Balaban J connectivity index is 1.54. The lowest BCUT2D eigenvalue weighted by atomic mass is 10.0. The molecule has 3 heterocycles. The molecule has 3 rings (SSSR count). The van der Waals surface area contributed by atoms with Crippen molar-refractivity contribution in [1.29, 1.82) is 0 Å². The lowest BCUT2D eigenvalue weighted by Crippen LogP contribution is -2.45. The summed E-state index contributed by atoms with van der Waals surface area (Å²) in [6.45, 7) is 8.36. The van der Waals surface area contributed by atoms with Crippen molar-refractivity contribution in [2.24, 2.45) is 5.92 Å². The Kier molecular flexibility index (Phi) is 4.16. The fraction of sp³-hybridized carbons (Fsp3) is 0.875. The van der Waals surface area contributed by atoms with Gasteiger partial charge in [0.15, 0.2) is 0 Å². The van der Waals surface area contributed by atoms with E-state index >= 15 is 0 Å². The number of urea groups is 1. The van der Waals surface area contributed by atoms with Crippen molar-refractivity contribution in [3.8, 4) is 0 Å². The highest BCUT2D eigenvalue weighted by atomic mass is 16.6. The molecule has 3 aliphatic rings. The second-order valence-corrected chi connectivity index (χ2v) is 7.31. The first kappa shape index (κ1) is 15.7. The van der Waals surface area contributed by atoms with Gasteiger partial charge in [-0.05, 0) is 32.6 Å². The molecule has 22 heavy (non-hydrogen) atoms. The van der Waals surface area contributed by atoms with E-state index in [9.17, 15) is 9.59 Å². The number of amides is 3. The Bertz CT molecular complexity index is 457. The molecule has 0 saturated carbocycles. The number of imide groups is 1. The molecule has 0 radical (unpaired) electrons. The van der Waals surface area contributed by atoms with E-state index in [4.69, 9.17) is 9.47 Å². The van der Waals surface area contributed by atoms with Crippen molar-refractivity contribution >= 4 is 11.9 Å². The average Bonchev–Trinajstić information content (AvgIpc) is 3.33. The van der Waals surface area contributed by atoms with Gasteiger partial charge in [-0.3, -0.25) is 9.69 Å². The van der Waals surface area contributed by atoms with Gasteiger partial charge in [0.2, 0.25) is 0 Å². The van der Waals surface area contributed by atoms with E-state index in [1.807, 2.05) is 13.8 Å². The van der Waals surface area contributed by atoms with Crippen LogP contribution in [-0.4, -0.2) is 65.8 Å². The molecule has 124 valence electrons. The third-order valence-corrected chi connectivity index (χ3v) is 4.81. The average molecular weight is 310 g/mol. The number of epoxide rings is 2. The van der Waals surface area contributed by atoms with Crippen LogP contribution < -0.4 is 0 Å². The lowest BCUT2D eigenvalue weighted by Gasteiger charge is -2.26. The first-order valence-electron chi connectivity index (χ1n) is 8.26. The zero-order valence-corrected chi connectivity index (χ0v) is 13.7. The molecule has 3 fully saturated rings. The topological polar surface area (TPSA) is 65.7 Å². The molecular formula is C16H26N2O4. The molecule has 3 aliphatic heterocycles. The summed E-state index contributed by atoms with van der Waals surface area (Å²) in [6, 6.07) is -0.164. The third-order valence-electron chi connectivity index (χ3n) is 4.81. The third kappa shape index (κ3) is 3.27. The van der Waals surface area contributed by atoms with Crippen molar-refractivity contribution in [3.63, 3.8) is 0 Å². The maximum atomic E-state index is 12.6. The molecule has 3 unspecified atom stereocenters. The SMILES string of the molecule is CC(CCCC1CO1)CN1C(=O)N(CC2CO2)C(C)(C)C1=O. The van der Waals surface area contributed by atoms with Crippen LogP contribution in [0.2, 0.25) is 0 Å². The Morgan fingerprint density at radius 3 is 2.45 bits per heavy atom. The second-order valence-electron chi connectivity index (χ2n) is 7.31. The molecule has 3 saturated heterocycles. The largest absolute Gasteiger partial charge is 0.373 e. The molecule has 0 aromatic heterocycles. The van der Waals surface area contributed by atoms with Gasteiger partial charge in [-0.2, -0.15) is 0 Å². The molecule has 3 atom stereocenters. The monoisotopic (exact) mass is 310 g/mol. The minimum absolute atomic E-state index is 0.0875. The number of ether oxygens (including phenoxy) is 2. The molecule has 0 spiro atoms. The first-order valence-corrected chi connectivity index (χ1v) is 8.26. The van der Waals surface area contributed by atoms with Gasteiger partial charge in [-0.25, -0.2) is 4.79 Å². The van der Waals surface area contributed by atoms with Crippen molar-refractivity contribution in [2.75, 3.05) is 26.3 Å². The van der Waals surface area contributed by atoms with Crippen molar-refractivity contribution in [2.45, 2.75) is 57.8 Å². The van der Waals surface area contributed by atoms with Gasteiger partial charge in [-0.15, -0.1) is 0 Å². The highest BCUT2D eigenvalue weighted by molar-refractivity contribution is 6.06. The van der Waals surface area contributed by atoms with E-state index in [-0.39, 0.29) is 18.0 Å². The summed E-state index contributed by atoms with van der Waals surface area (Å²) < 4.78 is 10.4. The summed E-state index contributed by atoms with van der Waals surface area (Å²) in [7, 11) is 0. The van der Waals surface area contributed by atoms with Gasteiger partial charge >= 0.3 is 6.03 Å². The van der Waals surface area contributed by atoms with Crippen molar-refractivity contribution in [3.05, 3.63) is 0 Å². The normalized spacial score (nSPS) is 30.9. The van der Waals surface area contributed by atoms with E-state index in [1.165, 1.54) is 4.90 Å². The van der Waals surface area contributed by atoms with Crippen LogP contribution in [-0.2, 0) is 14.3 Å². The van der Waals surface area contributed by atoms with Gasteiger partial charge < -0.3 is 14.4 Å². The Hall–Kier alpha value is -1.14. The predicted octanol–water partition coefficient (Wildman–Crippen LogP) is 1.63. The van der Waals surface area contributed by atoms with Crippen molar-refractivity contribution in [1.82, 2.24) is 9.80 Å². The van der Waals surface area contributed by atoms with Gasteiger partial charge in [-0.1, -0.05) is 13.3 Å². The smallest absolute Gasteiger partial charge is 0.327 e. The molecule has 0 aromatic carbocycles. The first-order chi connectivity index (χ1) is 10.4. The Labute approximate surface area is 131 Å². The second kappa shape index (κ2) is 5.81. The quantitative estimate of drug-likeness (QED) is 0.505. The number of carbonyl (C=O) groups excluding carboxylic acids is 2. The van der Waals surface area contributed by atoms with Crippen molar-refractivity contribution < 1.29 is 19.1 Å². The molecular weight excluding hydrogens is 284 g/mol. The molecule has 6 heteroatoms. The molecule has 0 aliphatic carbocycles. The summed E-state index contributed by atoms with van der Waals surface area (Å²) >= 11 is 0. The molecule has 6 nitrogen and oxygen atoms in total. The van der Waals surface area contributed by atoms with Crippen LogP contribution in [0.15, 0.2) is 0 Å². The van der Waals surface area contributed by atoms with Gasteiger partial charge in [0.05, 0.1) is 32.0 Å². The van der Waals surface area contributed by atoms with Crippen LogP contribution in [0.4, 0.5) is 4.79 Å². The minimum atomic E-state index is -0.759. The number of rotatable bonds is 8. The van der Waals surface area contributed by atoms with Gasteiger partial charge in [0, 0.05) is 6.54 Å². The highest BCUT2D eigenvalue weighted by Gasteiger charge is 2.52. The number of nitrogens with zero attached hydrogens (tertiary/aromatic N) is 2. The minimum Gasteiger partial charge on any atom is -0.373 e. The standard InChI is InChI=1S/C16H26N2O4/c1-11(5-4-6-12-9-21-12)7-17-14(19)16(2,3)18(15(17)20)8-13-10-22-13/h11-13H,4-10H2,1-3H3. The zero-order chi connectivity index (χ0) is 15.9. The van der Waals surface area contributed by atoms with E-state index < -0.39 is 5.54 Å². The number of hydrogen-bond acceptors (Lipinski definition) is 4. The molecule has 0 N–H and O–H groups in total. The number of carbonyl (C=O) groups is 2. The lowest BCUT2D eigenvalue weighted by molar-refractivity contribution is -0.132. The zero-order valence-electron chi connectivity index (χ0n) is 13.7. The van der Waals surface area contributed by atoms with Crippen LogP contribution in [0, 0.1) is 5.92 Å². The van der Waals surface area contributed by atoms with Crippen LogP contribution in [0.3, 0.4) is 0 Å². The summed E-state index contributed by atoms with van der Waals surface area (Å²) in [5.74, 6) is 0.232. The van der Waals surface area contributed by atoms with Crippen LogP contribution in [0.5, 0.6) is 0 Å². The Morgan fingerprint density at radius 2 is 1.86 bits per heavy atom. The van der Waals surface area contributed by atoms with Crippen LogP contribution in [0.25, 0.3) is 0 Å². The fourth-order valence-corrected chi connectivity index (χ4v) is 3.09. The van der Waals surface area contributed by atoms with E-state index in [0.29, 0.717) is 31.7 Å². The summed E-state index contributed by atoms with van der Waals surface area (Å²) in [6.07, 6.45) is 3.75. The predicted molar refractivity (Wildman–Crippen MR) is 80.4 cm³/mol. The molecule has 0 aromatic rings. The summed E-state index contributed by atoms with van der Waals surface area (Å²) in [5.41, 5.74) is -0.759. The summed E-state index contributed by atoms with van der Waals surface area (Å²) in [5, 5.41) is 0.